The first-order chi connectivity index (χ1) is 14.2. The number of nitrogens with zero attached hydrogens (tertiary/aromatic N) is 2. The van der Waals surface area contributed by atoms with Gasteiger partial charge in [0.1, 0.15) is 17.4 Å². The van der Waals surface area contributed by atoms with Gasteiger partial charge >= 0.3 is 0 Å². The Balaban J connectivity index is 1.51. The van der Waals surface area contributed by atoms with Crippen molar-refractivity contribution in [3.63, 3.8) is 0 Å². The zero-order valence-electron chi connectivity index (χ0n) is 15.3. The second-order valence-corrected chi connectivity index (χ2v) is 7.14. The average molecular weight is 376 g/mol. The summed E-state index contributed by atoms with van der Waals surface area (Å²) in [6.07, 6.45) is 0. The van der Waals surface area contributed by atoms with Gasteiger partial charge in [-0.1, -0.05) is 36.4 Å². The van der Waals surface area contributed by atoms with E-state index in [0.29, 0.717) is 11.4 Å². The largest absolute Gasteiger partial charge is 0.507 e. The summed E-state index contributed by atoms with van der Waals surface area (Å²) >= 11 is 0. The summed E-state index contributed by atoms with van der Waals surface area (Å²) in [5.41, 5.74) is 5.44. The van der Waals surface area contributed by atoms with Crippen molar-refractivity contribution in [2.75, 3.05) is 0 Å². The highest BCUT2D eigenvalue weighted by Gasteiger charge is 2.12. The molecule has 6 rings (SSSR count). The first kappa shape index (κ1) is 15.9. The lowest BCUT2D eigenvalue weighted by Crippen LogP contribution is -1.85. The molecule has 3 N–H and O–H groups in total. The molecule has 0 fully saturated rings. The van der Waals surface area contributed by atoms with Crippen LogP contribution in [0, 0.1) is 0 Å². The molecule has 0 atom stereocenters. The van der Waals surface area contributed by atoms with Crippen molar-refractivity contribution >= 4 is 32.8 Å². The fourth-order valence-electron chi connectivity index (χ4n) is 3.79. The Morgan fingerprint density at radius 1 is 0.621 bits per heavy atom. The van der Waals surface area contributed by atoms with Crippen molar-refractivity contribution in [3.8, 4) is 28.5 Å². The Labute approximate surface area is 165 Å². The molecule has 0 amide bonds. The molecular formula is C24H16N4O. The van der Waals surface area contributed by atoms with Crippen LogP contribution >= 0.6 is 0 Å². The number of nitrogens with one attached hydrogen (secondary N) is 2. The number of benzene rings is 4. The van der Waals surface area contributed by atoms with Crippen LogP contribution in [0.1, 0.15) is 0 Å². The number of aromatic nitrogens is 4. The maximum atomic E-state index is 10.6. The third-order valence-electron chi connectivity index (χ3n) is 5.26. The van der Waals surface area contributed by atoms with Crippen LogP contribution < -0.4 is 0 Å². The Morgan fingerprint density at radius 3 is 2.00 bits per heavy atom. The van der Waals surface area contributed by atoms with Gasteiger partial charge in [-0.3, -0.25) is 0 Å². The number of phenols is 1. The van der Waals surface area contributed by atoms with E-state index in [1.807, 2.05) is 66.7 Å². The summed E-state index contributed by atoms with van der Waals surface area (Å²) < 4.78 is 0. The molecule has 0 radical (unpaired) electrons. The standard InChI is InChI=1S/C24H16N4O/c29-22-13-14-9-10-15(23-25-18-5-1-2-6-19(18)26-23)11-16(14)12-17(22)24-27-20-7-3-4-8-21(20)28-24/h1-13,29H,(H,25,26)(H,27,28). The molecule has 2 heterocycles. The van der Waals surface area contributed by atoms with Gasteiger partial charge in [-0.2, -0.15) is 0 Å². The lowest BCUT2D eigenvalue weighted by molar-refractivity contribution is 0.478. The molecule has 0 aliphatic carbocycles. The van der Waals surface area contributed by atoms with Crippen molar-refractivity contribution in [3.05, 3.63) is 78.9 Å². The molecular weight excluding hydrogens is 360 g/mol. The molecule has 2 aromatic heterocycles. The Bertz CT molecular complexity index is 1460. The van der Waals surface area contributed by atoms with Crippen molar-refractivity contribution < 1.29 is 5.11 Å². The molecule has 0 unspecified atom stereocenters. The Kier molecular flexibility index (Phi) is 3.25. The van der Waals surface area contributed by atoms with Crippen molar-refractivity contribution in [1.29, 1.82) is 0 Å². The average Bonchev–Trinajstić information content (AvgIpc) is 3.37. The van der Waals surface area contributed by atoms with Crippen molar-refractivity contribution in [2.45, 2.75) is 0 Å². The van der Waals surface area contributed by atoms with Gasteiger partial charge in [0.05, 0.1) is 27.6 Å². The van der Waals surface area contributed by atoms with Crippen LogP contribution in [-0.4, -0.2) is 25.0 Å². The molecule has 5 nitrogen and oxygen atoms in total. The summed E-state index contributed by atoms with van der Waals surface area (Å²) in [5.74, 6) is 1.68. The van der Waals surface area contributed by atoms with Gasteiger partial charge in [-0.05, 0) is 53.2 Å². The van der Waals surface area contributed by atoms with E-state index in [-0.39, 0.29) is 5.75 Å². The van der Waals surface area contributed by atoms with Crippen LogP contribution in [0.5, 0.6) is 5.75 Å². The summed E-state index contributed by atoms with van der Waals surface area (Å²) in [4.78, 5) is 16.0. The Hall–Kier alpha value is -4.12. The van der Waals surface area contributed by atoms with Gasteiger partial charge in [0.2, 0.25) is 0 Å². The lowest BCUT2D eigenvalue weighted by Gasteiger charge is -2.06. The number of hydrogen-bond donors (Lipinski definition) is 3. The van der Waals surface area contributed by atoms with Crippen LogP contribution in [0.25, 0.3) is 55.6 Å². The quantitative estimate of drug-likeness (QED) is 0.366. The SMILES string of the molecule is Oc1cc2ccc(-c3nc4ccccc4[nH]3)cc2cc1-c1nc2ccccc2[nH]1. The highest BCUT2D eigenvalue weighted by atomic mass is 16.3. The molecule has 5 heteroatoms. The number of fused-ring (bicyclic) bond motifs is 3. The van der Waals surface area contributed by atoms with Crippen LogP contribution in [0.2, 0.25) is 0 Å². The molecule has 0 bridgehead atoms. The number of para-hydroxylation sites is 4. The monoisotopic (exact) mass is 376 g/mol. The van der Waals surface area contributed by atoms with Gasteiger partial charge in [-0.15, -0.1) is 0 Å². The second-order valence-electron chi connectivity index (χ2n) is 7.14. The number of aromatic hydroxyl groups is 1. The predicted molar refractivity (Wildman–Crippen MR) is 116 cm³/mol. The zero-order valence-corrected chi connectivity index (χ0v) is 15.3. The third-order valence-corrected chi connectivity index (χ3v) is 5.26. The van der Waals surface area contributed by atoms with Crippen LogP contribution in [0.15, 0.2) is 78.9 Å². The maximum absolute atomic E-state index is 10.6. The molecule has 6 aromatic rings. The van der Waals surface area contributed by atoms with Gasteiger partial charge in [0.25, 0.3) is 0 Å². The van der Waals surface area contributed by atoms with E-state index in [9.17, 15) is 5.11 Å². The summed E-state index contributed by atoms with van der Waals surface area (Å²) in [7, 11) is 0. The van der Waals surface area contributed by atoms with E-state index in [2.05, 4.69) is 21.0 Å². The van der Waals surface area contributed by atoms with Gasteiger partial charge < -0.3 is 15.1 Å². The van der Waals surface area contributed by atoms with Gasteiger partial charge in [0.15, 0.2) is 0 Å². The minimum Gasteiger partial charge on any atom is -0.507 e. The summed E-state index contributed by atoms with van der Waals surface area (Å²) in [6, 6.07) is 25.7. The van der Waals surface area contributed by atoms with Crippen LogP contribution in [-0.2, 0) is 0 Å². The Morgan fingerprint density at radius 2 is 1.28 bits per heavy atom. The fraction of sp³-hybridized carbons (Fsp3) is 0. The first-order valence-corrected chi connectivity index (χ1v) is 9.42. The molecule has 0 spiro atoms. The number of rotatable bonds is 2. The van der Waals surface area contributed by atoms with E-state index in [0.717, 1.165) is 44.2 Å². The predicted octanol–water partition coefficient (Wildman–Crippen LogP) is 5.63. The second kappa shape index (κ2) is 5.94. The van der Waals surface area contributed by atoms with E-state index >= 15 is 0 Å². The van der Waals surface area contributed by atoms with Crippen molar-refractivity contribution in [1.82, 2.24) is 19.9 Å². The fourth-order valence-corrected chi connectivity index (χ4v) is 3.79. The van der Waals surface area contributed by atoms with E-state index < -0.39 is 0 Å². The van der Waals surface area contributed by atoms with Crippen LogP contribution in [0.3, 0.4) is 0 Å². The number of H-pyrrole nitrogens is 2. The number of hydrogen-bond acceptors (Lipinski definition) is 3. The van der Waals surface area contributed by atoms with Gasteiger partial charge in [0, 0.05) is 5.56 Å². The number of imidazole rings is 2. The highest BCUT2D eigenvalue weighted by molar-refractivity contribution is 5.93. The van der Waals surface area contributed by atoms with E-state index in [4.69, 9.17) is 4.98 Å². The number of phenolic OH excluding ortho intramolecular Hbond substituents is 1. The summed E-state index contributed by atoms with van der Waals surface area (Å²) in [5, 5.41) is 12.6. The minimum absolute atomic E-state index is 0.202. The highest BCUT2D eigenvalue weighted by Crippen LogP contribution is 2.34. The van der Waals surface area contributed by atoms with E-state index in [1.165, 1.54) is 0 Å². The normalized spacial score (nSPS) is 11.6. The van der Waals surface area contributed by atoms with Crippen LogP contribution in [0.4, 0.5) is 0 Å². The zero-order chi connectivity index (χ0) is 19.4. The van der Waals surface area contributed by atoms with Gasteiger partial charge in [-0.25, -0.2) is 9.97 Å². The molecule has 0 saturated heterocycles. The number of aromatic amines is 2. The molecule has 0 aliphatic rings. The molecule has 4 aromatic carbocycles. The van der Waals surface area contributed by atoms with E-state index in [1.54, 1.807) is 6.07 Å². The minimum atomic E-state index is 0.202. The first-order valence-electron chi connectivity index (χ1n) is 9.42. The topological polar surface area (TPSA) is 77.6 Å². The van der Waals surface area contributed by atoms with Crippen molar-refractivity contribution in [2.24, 2.45) is 0 Å². The maximum Gasteiger partial charge on any atom is 0.142 e. The lowest BCUT2D eigenvalue weighted by atomic mass is 10.0. The summed E-state index contributed by atoms with van der Waals surface area (Å²) in [6.45, 7) is 0. The smallest absolute Gasteiger partial charge is 0.142 e. The molecule has 29 heavy (non-hydrogen) atoms. The molecule has 0 saturated carbocycles. The molecule has 138 valence electrons. The third kappa shape index (κ3) is 2.56. The molecule has 0 aliphatic heterocycles.